The van der Waals surface area contributed by atoms with Gasteiger partial charge in [-0.05, 0) is 45.6 Å². The molecule has 1 aromatic heterocycles. The van der Waals surface area contributed by atoms with Gasteiger partial charge in [0.1, 0.15) is 5.02 Å². The molecule has 1 spiro atoms. The second-order valence-electron chi connectivity index (χ2n) is 5.89. The Hall–Kier alpha value is -1.07. The third-order valence-electron chi connectivity index (χ3n) is 4.58. The van der Waals surface area contributed by atoms with Crippen molar-refractivity contribution < 1.29 is 0 Å². The number of nitrogens with zero attached hydrogens (tertiary/aromatic N) is 2. The second kappa shape index (κ2) is 5.37. The van der Waals surface area contributed by atoms with Crippen LogP contribution in [0.2, 0.25) is 5.02 Å². The maximum absolute atomic E-state index is 12.0. The van der Waals surface area contributed by atoms with Gasteiger partial charge >= 0.3 is 0 Å². The van der Waals surface area contributed by atoms with Crippen molar-refractivity contribution in [1.82, 2.24) is 15.1 Å². The van der Waals surface area contributed by atoms with E-state index in [-0.39, 0.29) is 10.6 Å². The molecule has 3 rings (SSSR count). The first-order valence-electron chi connectivity index (χ1n) is 7.41. The molecule has 2 N–H and O–H groups in total. The fourth-order valence-corrected chi connectivity index (χ4v) is 3.48. The number of hydrogen-bond donors (Lipinski definition) is 2. The first-order chi connectivity index (χ1) is 9.63. The van der Waals surface area contributed by atoms with Gasteiger partial charge < -0.3 is 10.6 Å². The summed E-state index contributed by atoms with van der Waals surface area (Å²) in [7, 11) is 0. The van der Waals surface area contributed by atoms with E-state index in [1.165, 1.54) is 23.9 Å². The average molecular weight is 297 g/mol. The molecule has 2 fully saturated rings. The molecule has 5 nitrogen and oxygen atoms in total. The molecule has 1 aliphatic heterocycles. The van der Waals surface area contributed by atoms with E-state index >= 15 is 0 Å². The van der Waals surface area contributed by atoms with E-state index < -0.39 is 0 Å². The number of anilines is 1. The normalized spacial score (nSPS) is 24.4. The smallest absolute Gasteiger partial charge is 0.287 e. The second-order valence-corrected chi connectivity index (χ2v) is 6.27. The minimum atomic E-state index is -0.216. The van der Waals surface area contributed by atoms with Crippen LogP contribution >= 0.6 is 11.6 Å². The van der Waals surface area contributed by atoms with Crippen molar-refractivity contribution in [3.05, 3.63) is 21.6 Å². The van der Waals surface area contributed by atoms with Crippen LogP contribution < -0.4 is 16.2 Å². The van der Waals surface area contributed by atoms with Gasteiger partial charge in [0.05, 0.1) is 11.9 Å². The Bertz CT molecular complexity index is 553. The maximum Gasteiger partial charge on any atom is 0.287 e. The lowest BCUT2D eigenvalue weighted by atomic mass is 9.70. The fourth-order valence-electron chi connectivity index (χ4n) is 3.28. The highest BCUT2D eigenvalue weighted by atomic mass is 35.5. The Balaban J connectivity index is 1.74. The molecular weight excluding hydrogens is 276 g/mol. The number of piperidine rings is 1. The van der Waals surface area contributed by atoms with Crippen LogP contribution in [-0.4, -0.2) is 27.9 Å². The monoisotopic (exact) mass is 296 g/mol. The van der Waals surface area contributed by atoms with Gasteiger partial charge in [-0.1, -0.05) is 11.6 Å². The highest BCUT2D eigenvalue weighted by molar-refractivity contribution is 6.32. The molecule has 0 bridgehead atoms. The molecular formula is C14H21ClN4O. The minimum Gasteiger partial charge on any atom is -0.380 e. The van der Waals surface area contributed by atoms with Gasteiger partial charge in [-0.3, -0.25) is 4.79 Å². The number of hydrogen-bond acceptors (Lipinski definition) is 4. The van der Waals surface area contributed by atoms with Crippen LogP contribution in [0, 0.1) is 0 Å². The third-order valence-corrected chi connectivity index (χ3v) is 4.95. The molecule has 2 aliphatic rings. The summed E-state index contributed by atoms with van der Waals surface area (Å²) in [5, 5.41) is 11.4. The van der Waals surface area contributed by atoms with E-state index in [9.17, 15) is 4.79 Å². The third kappa shape index (κ3) is 2.44. The van der Waals surface area contributed by atoms with Crippen molar-refractivity contribution in [2.75, 3.05) is 11.9 Å². The van der Waals surface area contributed by atoms with Crippen LogP contribution in [0.25, 0.3) is 0 Å². The lowest BCUT2D eigenvalue weighted by Gasteiger charge is -2.48. The zero-order valence-electron chi connectivity index (χ0n) is 11.8. The van der Waals surface area contributed by atoms with Gasteiger partial charge in [-0.2, -0.15) is 5.10 Å². The molecule has 110 valence electrons. The first-order valence-corrected chi connectivity index (χ1v) is 7.78. The molecule has 1 saturated heterocycles. The van der Waals surface area contributed by atoms with E-state index in [2.05, 4.69) is 15.7 Å². The summed E-state index contributed by atoms with van der Waals surface area (Å²) in [6.45, 7) is 3.44. The summed E-state index contributed by atoms with van der Waals surface area (Å²) >= 11 is 6.16. The van der Waals surface area contributed by atoms with Crippen LogP contribution in [0.4, 0.5) is 5.69 Å². The zero-order valence-corrected chi connectivity index (χ0v) is 12.5. The maximum atomic E-state index is 12.0. The Kier molecular flexibility index (Phi) is 3.73. The molecule has 1 atom stereocenters. The van der Waals surface area contributed by atoms with Crippen molar-refractivity contribution in [1.29, 1.82) is 0 Å². The molecule has 0 aromatic carbocycles. The molecule has 1 aliphatic carbocycles. The van der Waals surface area contributed by atoms with Crippen LogP contribution in [-0.2, 0) is 6.54 Å². The van der Waals surface area contributed by atoms with E-state index in [0.29, 0.717) is 23.8 Å². The highest BCUT2D eigenvalue weighted by Gasteiger charge is 2.40. The fraction of sp³-hybridized carbons (Fsp3) is 0.714. The van der Waals surface area contributed by atoms with Crippen molar-refractivity contribution in [2.24, 2.45) is 0 Å². The lowest BCUT2D eigenvalue weighted by molar-refractivity contribution is 0.135. The van der Waals surface area contributed by atoms with E-state index in [1.54, 1.807) is 6.20 Å². The number of rotatable bonds is 3. The van der Waals surface area contributed by atoms with Crippen LogP contribution in [0.1, 0.15) is 39.0 Å². The van der Waals surface area contributed by atoms with Gasteiger partial charge in [0.25, 0.3) is 5.56 Å². The predicted octanol–water partition coefficient (Wildman–Crippen LogP) is 2.00. The predicted molar refractivity (Wildman–Crippen MR) is 80.4 cm³/mol. The minimum absolute atomic E-state index is 0.216. The standard InChI is InChI=1S/C14H21ClN4O/c1-2-19-13(20)12(15)11(9-17-19)18-10-4-7-16-14(8-10)5-3-6-14/h9-10,16,18H,2-8H2,1H3. The van der Waals surface area contributed by atoms with Crippen LogP contribution in [0.15, 0.2) is 11.0 Å². The molecule has 0 amide bonds. The number of aromatic nitrogens is 2. The first kappa shape index (κ1) is 13.9. The van der Waals surface area contributed by atoms with Crippen molar-refractivity contribution in [2.45, 2.75) is 57.2 Å². The molecule has 1 aromatic rings. The van der Waals surface area contributed by atoms with E-state index in [0.717, 1.165) is 19.4 Å². The molecule has 6 heteroatoms. The molecule has 0 radical (unpaired) electrons. The summed E-state index contributed by atoms with van der Waals surface area (Å²) in [5.74, 6) is 0. The lowest BCUT2D eigenvalue weighted by Crippen LogP contribution is -2.58. The summed E-state index contributed by atoms with van der Waals surface area (Å²) in [6.07, 6.45) is 7.65. The Morgan fingerprint density at radius 3 is 3.05 bits per heavy atom. The van der Waals surface area contributed by atoms with Crippen LogP contribution in [0.5, 0.6) is 0 Å². The number of nitrogens with one attached hydrogen (secondary N) is 2. The Morgan fingerprint density at radius 1 is 1.60 bits per heavy atom. The van der Waals surface area contributed by atoms with E-state index in [4.69, 9.17) is 11.6 Å². The molecule has 2 heterocycles. The number of halogens is 1. The Labute approximate surface area is 123 Å². The van der Waals surface area contributed by atoms with Crippen molar-refractivity contribution in [3.8, 4) is 0 Å². The Morgan fingerprint density at radius 2 is 2.40 bits per heavy atom. The van der Waals surface area contributed by atoms with Gasteiger partial charge in [-0.25, -0.2) is 4.68 Å². The SMILES string of the molecule is CCn1ncc(NC2CCNC3(CCC3)C2)c(Cl)c1=O. The van der Waals surface area contributed by atoms with Gasteiger partial charge in [0.2, 0.25) is 0 Å². The number of aryl methyl sites for hydroxylation is 1. The zero-order chi connectivity index (χ0) is 14.2. The summed E-state index contributed by atoms with van der Waals surface area (Å²) in [5.41, 5.74) is 0.781. The van der Waals surface area contributed by atoms with Gasteiger partial charge in [-0.15, -0.1) is 0 Å². The summed E-state index contributed by atoms with van der Waals surface area (Å²) in [6, 6.07) is 0.368. The largest absolute Gasteiger partial charge is 0.380 e. The average Bonchev–Trinajstić information content (AvgIpc) is 2.43. The quantitative estimate of drug-likeness (QED) is 0.896. The van der Waals surface area contributed by atoms with Crippen LogP contribution in [0.3, 0.4) is 0 Å². The highest BCUT2D eigenvalue weighted by Crippen LogP contribution is 2.39. The van der Waals surface area contributed by atoms with Gasteiger partial charge in [0.15, 0.2) is 0 Å². The molecule has 1 unspecified atom stereocenters. The summed E-state index contributed by atoms with van der Waals surface area (Å²) < 4.78 is 1.38. The summed E-state index contributed by atoms with van der Waals surface area (Å²) in [4.78, 5) is 12.0. The topological polar surface area (TPSA) is 59.0 Å². The van der Waals surface area contributed by atoms with Gasteiger partial charge in [0, 0.05) is 18.1 Å². The van der Waals surface area contributed by atoms with Crippen molar-refractivity contribution in [3.63, 3.8) is 0 Å². The molecule has 1 saturated carbocycles. The van der Waals surface area contributed by atoms with Crippen molar-refractivity contribution >= 4 is 17.3 Å². The van der Waals surface area contributed by atoms with E-state index in [1.807, 2.05) is 6.92 Å². The molecule has 20 heavy (non-hydrogen) atoms.